The van der Waals surface area contributed by atoms with Crippen LogP contribution in [-0.2, 0) is 0 Å². The third kappa shape index (κ3) is 2.90. The standard InChI is InChI=1S/C24H29OP/c1-16-10-7-13-22(19(16)4)26(25,23-14-8-11-17(2)20(23)5)24-15-9-12-18(3)21(24)6/h7-15,25-26H,1-6H3. The van der Waals surface area contributed by atoms with Crippen molar-refractivity contribution in [3.8, 4) is 0 Å². The van der Waals surface area contributed by atoms with Crippen LogP contribution in [0.15, 0.2) is 54.6 Å². The number of hydrogen-bond donors (Lipinski definition) is 1. The molecule has 0 radical (unpaired) electrons. The summed E-state index contributed by atoms with van der Waals surface area (Å²) in [4.78, 5) is 12.5. The van der Waals surface area contributed by atoms with Gasteiger partial charge in [-0.25, -0.2) is 0 Å². The van der Waals surface area contributed by atoms with Gasteiger partial charge in [-0.15, -0.1) is 0 Å². The predicted molar refractivity (Wildman–Crippen MR) is 117 cm³/mol. The molecule has 0 saturated heterocycles. The predicted octanol–water partition coefficient (Wildman–Crippen LogP) is 4.47. The second-order valence-corrected chi connectivity index (χ2v) is 10.5. The first kappa shape index (κ1) is 18.8. The molecular weight excluding hydrogens is 335 g/mol. The fourth-order valence-electron chi connectivity index (χ4n) is 3.86. The number of hydrogen-bond acceptors (Lipinski definition) is 1. The SMILES string of the molecule is Cc1cccc([PH](O)(c2cccc(C)c2C)c2cccc(C)c2C)c1C. The number of rotatable bonds is 3. The van der Waals surface area contributed by atoms with Crippen molar-refractivity contribution >= 4 is 23.4 Å². The first-order valence-electron chi connectivity index (χ1n) is 9.21. The van der Waals surface area contributed by atoms with Gasteiger partial charge in [0.1, 0.15) is 0 Å². The monoisotopic (exact) mass is 364 g/mol. The van der Waals surface area contributed by atoms with Gasteiger partial charge in [0, 0.05) is 0 Å². The van der Waals surface area contributed by atoms with Crippen LogP contribution in [-0.4, -0.2) is 4.89 Å². The van der Waals surface area contributed by atoms with Crippen molar-refractivity contribution in [3.05, 3.63) is 88.0 Å². The Morgan fingerprint density at radius 1 is 0.500 bits per heavy atom. The zero-order valence-corrected chi connectivity index (χ0v) is 17.6. The van der Waals surface area contributed by atoms with Crippen molar-refractivity contribution in [1.29, 1.82) is 0 Å². The Labute approximate surface area is 158 Å². The Kier molecular flexibility index (Phi) is 5.06. The molecule has 0 aromatic heterocycles. The molecule has 0 spiro atoms. The molecular formula is C24H29OP. The van der Waals surface area contributed by atoms with E-state index in [1.54, 1.807) is 0 Å². The van der Waals surface area contributed by atoms with Crippen molar-refractivity contribution < 1.29 is 4.89 Å². The molecule has 3 rings (SSSR count). The summed E-state index contributed by atoms with van der Waals surface area (Å²) in [6, 6.07) is 19.0. The fraction of sp³-hybridized carbons (Fsp3) is 0.250. The third-order valence-electron chi connectivity index (χ3n) is 5.98. The molecule has 0 fully saturated rings. The Balaban J connectivity index is 2.46. The summed E-state index contributed by atoms with van der Waals surface area (Å²) in [5.74, 6) is 0. The Hall–Kier alpha value is -1.95. The summed E-state index contributed by atoms with van der Waals surface area (Å²) in [5, 5.41) is 3.29. The second-order valence-electron chi connectivity index (χ2n) is 7.45. The van der Waals surface area contributed by atoms with Gasteiger partial charge < -0.3 is 0 Å². The van der Waals surface area contributed by atoms with Crippen molar-refractivity contribution in [2.75, 3.05) is 0 Å². The van der Waals surface area contributed by atoms with E-state index in [2.05, 4.69) is 96.1 Å². The van der Waals surface area contributed by atoms with E-state index in [1.807, 2.05) is 0 Å². The summed E-state index contributed by atoms with van der Waals surface area (Å²) >= 11 is 0. The first-order chi connectivity index (χ1) is 12.3. The molecule has 1 nitrogen and oxygen atoms in total. The Morgan fingerprint density at radius 2 is 0.769 bits per heavy atom. The number of aryl methyl sites for hydroxylation is 3. The molecule has 3 aromatic rings. The summed E-state index contributed by atoms with van der Waals surface area (Å²) in [6.07, 6.45) is 0. The Bertz CT molecular complexity index is 847. The Morgan fingerprint density at radius 3 is 1.04 bits per heavy atom. The fourth-order valence-corrected chi connectivity index (χ4v) is 7.97. The van der Waals surface area contributed by atoms with Crippen LogP contribution in [0.1, 0.15) is 33.4 Å². The van der Waals surface area contributed by atoms with E-state index in [1.165, 1.54) is 33.4 Å². The minimum atomic E-state index is -3.11. The minimum absolute atomic E-state index is 1.10. The van der Waals surface area contributed by atoms with E-state index in [4.69, 9.17) is 0 Å². The quantitative estimate of drug-likeness (QED) is 0.680. The van der Waals surface area contributed by atoms with Gasteiger partial charge in [-0.05, 0) is 0 Å². The molecule has 1 N–H and O–H groups in total. The topological polar surface area (TPSA) is 20.2 Å². The molecule has 0 heterocycles. The van der Waals surface area contributed by atoms with Crippen LogP contribution >= 0.6 is 7.49 Å². The average molecular weight is 364 g/mol. The van der Waals surface area contributed by atoms with Crippen LogP contribution in [0.25, 0.3) is 0 Å². The molecule has 136 valence electrons. The molecule has 0 amide bonds. The van der Waals surface area contributed by atoms with Crippen LogP contribution in [0, 0.1) is 41.5 Å². The van der Waals surface area contributed by atoms with Gasteiger partial charge in [-0.1, -0.05) is 0 Å². The van der Waals surface area contributed by atoms with Gasteiger partial charge in [0.25, 0.3) is 0 Å². The average Bonchev–Trinajstić information content (AvgIpc) is 2.61. The second kappa shape index (κ2) is 6.99. The zero-order valence-electron chi connectivity index (χ0n) is 16.6. The van der Waals surface area contributed by atoms with E-state index >= 15 is 0 Å². The molecule has 2 heteroatoms. The van der Waals surface area contributed by atoms with Crippen LogP contribution in [0.5, 0.6) is 0 Å². The molecule has 0 aliphatic carbocycles. The van der Waals surface area contributed by atoms with Crippen LogP contribution in [0.2, 0.25) is 0 Å². The van der Waals surface area contributed by atoms with Gasteiger partial charge in [-0.2, -0.15) is 0 Å². The van der Waals surface area contributed by atoms with Crippen molar-refractivity contribution in [2.24, 2.45) is 0 Å². The molecule has 0 unspecified atom stereocenters. The molecule has 3 aromatic carbocycles. The van der Waals surface area contributed by atoms with E-state index in [0.717, 1.165) is 15.9 Å². The van der Waals surface area contributed by atoms with E-state index in [0.29, 0.717) is 0 Å². The van der Waals surface area contributed by atoms with E-state index < -0.39 is 7.49 Å². The summed E-state index contributed by atoms with van der Waals surface area (Å²) in [5.41, 5.74) is 7.27. The van der Waals surface area contributed by atoms with Crippen molar-refractivity contribution in [2.45, 2.75) is 41.5 Å². The summed E-state index contributed by atoms with van der Waals surface area (Å²) in [7, 11) is -3.11. The van der Waals surface area contributed by atoms with Crippen LogP contribution < -0.4 is 15.9 Å². The van der Waals surface area contributed by atoms with Gasteiger partial charge in [-0.3, -0.25) is 0 Å². The van der Waals surface area contributed by atoms with E-state index in [-0.39, 0.29) is 0 Å². The summed E-state index contributed by atoms with van der Waals surface area (Å²) < 4.78 is 0. The molecule has 0 aliphatic rings. The third-order valence-corrected chi connectivity index (χ3v) is 9.95. The maximum atomic E-state index is 12.5. The van der Waals surface area contributed by atoms with Crippen LogP contribution in [0.3, 0.4) is 0 Å². The number of benzene rings is 3. The maximum absolute atomic E-state index is 12.5. The van der Waals surface area contributed by atoms with Gasteiger partial charge in [0.2, 0.25) is 0 Å². The molecule has 0 atom stereocenters. The molecule has 0 saturated carbocycles. The zero-order chi connectivity index (χ0) is 19.1. The van der Waals surface area contributed by atoms with Crippen LogP contribution in [0.4, 0.5) is 0 Å². The normalized spacial score (nSPS) is 12.3. The molecule has 0 bridgehead atoms. The summed E-state index contributed by atoms with van der Waals surface area (Å²) in [6.45, 7) is 12.8. The van der Waals surface area contributed by atoms with Gasteiger partial charge >= 0.3 is 158 Å². The first-order valence-corrected chi connectivity index (χ1v) is 11.2. The molecule has 0 aliphatic heterocycles. The van der Waals surface area contributed by atoms with E-state index in [9.17, 15) is 4.89 Å². The van der Waals surface area contributed by atoms with Crippen molar-refractivity contribution in [3.63, 3.8) is 0 Å². The molecule has 26 heavy (non-hydrogen) atoms. The van der Waals surface area contributed by atoms with Crippen molar-refractivity contribution in [1.82, 2.24) is 0 Å². The van der Waals surface area contributed by atoms with Gasteiger partial charge in [0.05, 0.1) is 0 Å². The van der Waals surface area contributed by atoms with Gasteiger partial charge in [0.15, 0.2) is 0 Å².